The monoisotopic (exact) mass is 716 g/mol. The molecule has 8 aromatic carbocycles. The van der Waals surface area contributed by atoms with Crippen molar-refractivity contribution < 1.29 is 8.83 Å². The molecule has 0 fully saturated rings. The Hall–Kier alpha value is -7.56. The van der Waals surface area contributed by atoms with E-state index >= 15 is 0 Å². The minimum Gasteiger partial charge on any atom is -0.456 e. The van der Waals surface area contributed by atoms with Gasteiger partial charge < -0.3 is 8.83 Å². The van der Waals surface area contributed by atoms with E-state index < -0.39 is 0 Å². The molecule has 3 heterocycles. The normalized spacial score (nSPS) is 11.6. The van der Waals surface area contributed by atoms with E-state index in [2.05, 4.69) is 140 Å². The van der Waals surface area contributed by atoms with E-state index in [4.69, 9.17) is 18.8 Å². The quantitative estimate of drug-likeness (QED) is 0.172. The fourth-order valence-electron chi connectivity index (χ4n) is 7.99. The molecule has 0 spiro atoms. The van der Waals surface area contributed by atoms with Gasteiger partial charge in [0.25, 0.3) is 0 Å². The Morgan fingerprint density at radius 3 is 1.54 bits per heavy atom. The molecule has 4 nitrogen and oxygen atoms in total. The molecule has 0 aliphatic heterocycles. The average molecular weight is 717 g/mol. The van der Waals surface area contributed by atoms with Crippen molar-refractivity contribution in [3.05, 3.63) is 194 Å². The summed E-state index contributed by atoms with van der Waals surface area (Å²) < 4.78 is 13.1. The van der Waals surface area contributed by atoms with Crippen molar-refractivity contribution in [3.8, 4) is 67.3 Å². The van der Waals surface area contributed by atoms with Gasteiger partial charge in [0, 0.05) is 38.2 Å². The van der Waals surface area contributed by atoms with E-state index in [-0.39, 0.29) is 0 Å². The van der Waals surface area contributed by atoms with Gasteiger partial charge in [-0.2, -0.15) is 0 Å². The number of fused-ring (bicyclic) bond motifs is 6. The van der Waals surface area contributed by atoms with Crippen molar-refractivity contribution in [2.75, 3.05) is 0 Å². The fourth-order valence-corrected chi connectivity index (χ4v) is 7.99. The molecule has 0 saturated carbocycles. The summed E-state index contributed by atoms with van der Waals surface area (Å²) in [6.07, 6.45) is 0. The van der Waals surface area contributed by atoms with Crippen LogP contribution in [-0.2, 0) is 0 Å². The first-order valence-electron chi connectivity index (χ1n) is 18.8. The highest BCUT2D eigenvalue weighted by atomic mass is 16.3. The van der Waals surface area contributed by atoms with Crippen molar-refractivity contribution in [2.45, 2.75) is 0 Å². The van der Waals surface area contributed by atoms with Crippen molar-refractivity contribution in [1.29, 1.82) is 0 Å². The van der Waals surface area contributed by atoms with Crippen LogP contribution in [0.2, 0.25) is 0 Å². The molecule has 0 bridgehead atoms. The van der Waals surface area contributed by atoms with E-state index in [9.17, 15) is 0 Å². The molecular weight excluding hydrogens is 685 g/mol. The Balaban J connectivity index is 1.14. The summed E-state index contributed by atoms with van der Waals surface area (Å²) in [7, 11) is 0. The Kier molecular flexibility index (Phi) is 7.46. The van der Waals surface area contributed by atoms with Gasteiger partial charge in [-0.15, -0.1) is 0 Å². The van der Waals surface area contributed by atoms with E-state index in [0.29, 0.717) is 5.82 Å². The number of furan rings is 2. The second kappa shape index (κ2) is 13.1. The van der Waals surface area contributed by atoms with Crippen LogP contribution in [0, 0.1) is 0 Å². The first-order valence-corrected chi connectivity index (χ1v) is 18.8. The van der Waals surface area contributed by atoms with Crippen LogP contribution in [0.3, 0.4) is 0 Å². The van der Waals surface area contributed by atoms with Crippen molar-refractivity contribution >= 4 is 43.9 Å². The van der Waals surface area contributed by atoms with Gasteiger partial charge in [-0.1, -0.05) is 140 Å². The molecule has 11 aromatic rings. The van der Waals surface area contributed by atoms with Crippen LogP contribution >= 0.6 is 0 Å². The molecule has 0 saturated heterocycles. The van der Waals surface area contributed by atoms with Gasteiger partial charge in [0.1, 0.15) is 22.3 Å². The number of aromatic nitrogens is 2. The second-order valence-electron chi connectivity index (χ2n) is 14.1. The molecule has 0 aliphatic rings. The Bertz CT molecular complexity index is 3180. The highest BCUT2D eigenvalue weighted by Crippen LogP contribution is 2.43. The SMILES string of the molecule is c1ccc(-c2cc(-c3ccccc3)cc(-c3nc(-c4ccccc4)cc(-c4ccc(-c5ccc6c(c5)oc5ccccc56)c5c4oc4ccccc45)n3)c2)cc1. The molecular formula is C52H32N2O2. The molecule has 56 heavy (non-hydrogen) atoms. The lowest BCUT2D eigenvalue weighted by atomic mass is 9.94. The highest BCUT2D eigenvalue weighted by Gasteiger charge is 2.21. The number of hydrogen-bond acceptors (Lipinski definition) is 4. The number of benzene rings is 8. The summed E-state index contributed by atoms with van der Waals surface area (Å²) in [5, 5.41) is 4.29. The number of rotatable bonds is 6. The third-order valence-corrected chi connectivity index (χ3v) is 10.7. The lowest BCUT2D eigenvalue weighted by Crippen LogP contribution is -1.97. The van der Waals surface area contributed by atoms with Crippen LogP contribution in [-0.4, -0.2) is 9.97 Å². The van der Waals surface area contributed by atoms with Crippen LogP contribution in [0.15, 0.2) is 203 Å². The van der Waals surface area contributed by atoms with Crippen LogP contribution in [0.4, 0.5) is 0 Å². The maximum atomic E-state index is 6.80. The Morgan fingerprint density at radius 1 is 0.304 bits per heavy atom. The smallest absolute Gasteiger partial charge is 0.160 e. The van der Waals surface area contributed by atoms with Crippen molar-refractivity contribution in [1.82, 2.24) is 9.97 Å². The zero-order valence-corrected chi connectivity index (χ0v) is 30.2. The lowest BCUT2D eigenvalue weighted by Gasteiger charge is -2.14. The van der Waals surface area contributed by atoms with Crippen molar-refractivity contribution in [2.24, 2.45) is 0 Å². The largest absolute Gasteiger partial charge is 0.456 e. The molecule has 0 atom stereocenters. The van der Waals surface area contributed by atoms with E-state index in [0.717, 1.165) is 105 Å². The maximum Gasteiger partial charge on any atom is 0.160 e. The van der Waals surface area contributed by atoms with Crippen molar-refractivity contribution in [3.63, 3.8) is 0 Å². The van der Waals surface area contributed by atoms with E-state index in [1.807, 2.05) is 54.6 Å². The lowest BCUT2D eigenvalue weighted by molar-refractivity contribution is 0.668. The predicted molar refractivity (Wildman–Crippen MR) is 229 cm³/mol. The summed E-state index contributed by atoms with van der Waals surface area (Å²) in [5.41, 5.74) is 14.4. The molecule has 262 valence electrons. The first kappa shape index (κ1) is 31.9. The van der Waals surface area contributed by atoms with Gasteiger partial charge in [-0.05, 0) is 88.0 Å². The molecule has 0 N–H and O–H groups in total. The number of hydrogen-bond donors (Lipinski definition) is 0. The van der Waals surface area contributed by atoms with Gasteiger partial charge in [-0.3, -0.25) is 0 Å². The summed E-state index contributed by atoms with van der Waals surface area (Å²) in [6.45, 7) is 0. The standard InChI is InChI=1S/C52H32N2O2/c1-4-14-33(15-5-1)37-28-38(34-16-6-2-7-17-34)30-39(29-37)52-53-45(35-18-8-3-9-19-35)32-46(54-52)43-27-26-40(50-44-21-11-13-23-48(44)56-51(43)50)36-24-25-42-41-20-10-12-22-47(41)55-49(42)31-36/h1-32H. The van der Waals surface area contributed by atoms with Crippen LogP contribution < -0.4 is 0 Å². The number of nitrogens with zero attached hydrogens (tertiary/aromatic N) is 2. The minimum atomic E-state index is 0.639. The molecule has 0 aliphatic carbocycles. The Labute approximate surface area is 323 Å². The molecule has 0 unspecified atom stereocenters. The second-order valence-corrected chi connectivity index (χ2v) is 14.1. The fraction of sp³-hybridized carbons (Fsp3) is 0. The third kappa shape index (κ3) is 5.47. The van der Waals surface area contributed by atoms with Gasteiger partial charge in [0.2, 0.25) is 0 Å². The Morgan fingerprint density at radius 2 is 0.839 bits per heavy atom. The van der Waals surface area contributed by atoms with Gasteiger partial charge in [0.05, 0.1) is 11.4 Å². The summed E-state index contributed by atoms with van der Waals surface area (Å²) in [6, 6.07) is 67.3. The average Bonchev–Trinajstić information content (AvgIpc) is 3.85. The summed E-state index contributed by atoms with van der Waals surface area (Å²) in [5.74, 6) is 0.639. The third-order valence-electron chi connectivity index (χ3n) is 10.7. The highest BCUT2D eigenvalue weighted by molar-refractivity contribution is 6.17. The minimum absolute atomic E-state index is 0.639. The van der Waals surface area contributed by atoms with E-state index in [1.165, 1.54) is 0 Å². The molecule has 3 aromatic heterocycles. The maximum absolute atomic E-state index is 6.80. The topological polar surface area (TPSA) is 52.1 Å². The molecule has 0 radical (unpaired) electrons. The molecule has 0 amide bonds. The van der Waals surface area contributed by atoms with Gasteiger partial charge in [0.15, 0.2) is 5.82 Å². The van der Waals surface area contributed by atoms with E-state index in [1.54, 1.807) is 0 Å². The zero-order chi connectivity index (χ0) is 37.0. The molecule has 4 heteroatoms. The zero-order valence-electron chi connectivity index (χ0n) is 30.2. The summed E-state index contributed by atoms with van der Waals surface area (Å²) in [4.78, 5) is 10.6. The van der Waals surface area contributed by atoms with Crippen LogP contribution in [0.25, 0.3) is 111 Å². The van der Waals surface area contributed by atoms with Crippen LogP contribution in [0.1, 0.15) is 0 Å². The first-order chi connectivity index (χ1) is 27.7. The number of para-hydroxylation sites is 2. The van der Waals surface area contributed by atoms with Crippen LogP contribution in [0.5, 0.6) is 0 Å². The molecule has 11 rings (SSSR count). The summed E-state index contributed by atoms with van der Waals surface area (Å²) >= 11 is 0. The predicted octanol–water partition coefficient (Wildman–Crippen LogP) is 14.3. The van der Waals surface area contributed by atoms with Gasteiger partial charge >= 0.3 is 0 Å². The van der Waals surface area contributed by atoms with Gasteiger partial charge in [-0.25, -0.2) is 9.97 Å².